The number of hydrogen-bond donors (Lipinski definition) is 1. The molecule has 0 aliphatic rings. The van der Waals surface area contributed by atoms with E-state index in [0.29, 0.717) is 6.61 Å². The molecule has 2 heteroatoms. The maximum absolute atomic E-state index is 5.79. The Kier molecular flexibility index (Phi) is 3.89. The fourth-order valence-electron chi connectivity index (χ4n) is 1.38. The molecule has 1 aromatic rings. The first-order valence-electron chi connectivity index (χ1n) is 5.38. The van der Waals surface area contributed by atoms with Gasteiger partial charge >= 0.3 is 0 Å². The predicted molar refractivity (Wildman–Crippen MR) is 63.8 cm³/mol. The van der Waals surface area contributed by atoms with Gasteiger partial charge in [-0.15, -0.1) is 0 Å². The van der Waals surface area contributed by atoms with E-state index in [1.54, 1.807) is 0 Å². The van der Waals surface area contributed by atoms with E-state index >= 15 is 0 Å². The summed E-state index contributed by atoms with van der Waals surface area (Å²) in [6.45, 7) is 8.76. The minimum absolute atomic E-state index is 0.0784. The van der Waals surface area contributed by atoms with E-state index in [1.807, 2.05) is 6.92 Å². The van der Waals surface area contributed by atoms with Crippen LogP contribution < -0.4 is 5.73 Å². The van der Waals surface area contributed by atoms with Gasteiger partial charge < -0.3 is 10.5 Å². The number of ether oxygens (including phenoxy) is 1. The van der Waals surface area contributed by atoms with Crippen molar-refractivity contribution in [3.05, 3.63) is 35.4 Å². The molecule has 0 amide bonds. The van der Waals surface area contributed by atoms with Crippen LogP contribution in [0.3, 0.4) is 0 Å². The average Bonchev–Trinajstić information content (AvgIpc) is 2.16. The van der Waals surface area contributed by atoms with Crippen molar-refractivity contribution in [1.29, 1.82) is 0 Å². The Morgan fingerprint density at radius 2 is 1.80 bits per heavy atom. The largest absolute Gasteiger partial charge is 0.369 e. The van der Waals surface area contributed by atoms with E-state index in [-0.39, 0.29) is 11.6 Å². The minimum atomic E-state index is -0.263. The Labute approximate surface area is 92.4 Å². The summed E-state index contributed by atoms with van der Waals surface area (Å²) in [5.74, 6) is 0. The number of nitrogens with two attached hydrogens (primary N) is 1. The van der Waals surface area contributed by atoms with Gasteiger partial charge in [-0.1, -0.05) is 29.8 Å². The molecule has 2 nitrogen and oxygen atoms in total. The number of rotatable bonds is 4. The van der Waals surface area contributed by atoms with E-state index in [0.717, 1.165) is 0 Å². The van der Waals surface area contributed by atoms with Gasteiger partial charge in [0.2, 0.25) is 0 Å². The van der Waals surface area contributed by atoms with Crippen molar-refractivity contribution < 1.29 is 4.74 Å². The normalized spacial score (nSPS) is 13.9. The van der Waals surface area contributed by atoms with Crippen LogP contribution in [0.2, 0.25) is 0 Å². The van der Waals surface area contributed by atoms with Crippen LogP contribution >= 0.6 is 0 Å². The molecule has 0 aliphatic heterocycles. The van der Waals surface area contributed by atoms with Crippen LogP contribution in [0, 0.1) is 6.92 Å². The summed E-state index contributed by atoms with van der Waals surface area (Å²) >= 11 is 0. The molecule has 0 saturated heterocycles. The molecule has 0 spiro atoms. The van der Waals surface area contributed by atoms with Gasteiger partial charge in [-0.2, -0.15) is 0 Å². The van der Waals surface area contributed by atoms with Crippen molar-refractivity contribution >= 4 is 0 Å². The van der Waals surface area contributed by atoms with Crippen molar-refractivity contribution in [2.24, 2.45) is 5.73 Å². The molecule has 0 aliphatic carbocycles. The van der Waals surface area contributed by atoms with Crippen LogP contribution in [0.5, 0.6) is 0 Å². The van der Waals surface area contributed by atoms with Gasteiger partial charge in [0.1, 0.15) is 0 Å². The summed E-state index contributed by atoms with van der Waals surface area (Å²) in [6.07, 6.45) is 0. The maximum atomic E-state index is 5.79. The van der Waals surface area contributed by atoms with Crippen molar-refractivity contribution in [2.75, 3.05) is 6.61 Å². The Balaban J connectivity index is 2.72. The van der Waals surface area contributed by atoms with Crippen molar-refractivity contribution in [1.82, 2.24) is 0 Å². The van der Waals surface area contributed by atoms with Crippen molar-refractivity contribution in [3.8, 4) is 0 Å². The van der Waals surface area contributed by atoms with Crippen LogP contribution in [0.25, 0.3) is 0 Å². The molecule has 0 fully saturated rings. The number of benzene rings is 1. The summed E-state index contributed by atoms with van der Waals surface area (Å²) in [7, 11) is 0. The van der Waals surface area contributed by atoms with E-state index in [4.69, 9.17) is 10.5 Å². The van der Waals surface area contributed by atoms with E-state index in [9.17, 15) is 0 Å². The minimum Gasteiger partial charge on any atom is -0.369 e. The Hall–Kier alpha value is -0.860. The van der Waals surface area contributed by atoms with E-state index in [1.165, 1.54) is 11.1 Å². The summed E-state index contributed by atoms with van der Waals surface area (Å²) in [4.78, 5) is 0. The van der Waals surface area contributed by atoms with E-state index < -0.39 is 0 Å². The molecule has 2 N–H and O–H groups in total. The summed E-state index contributed by atoms with van der Waals surface area (Å²) in [5.41, 5.74) is 7.87. The molecular weight excluding hydrogens is 186 g/mol. The molecule has 0 saturated carbocycles. The van der Waals surface area contributed by atoms with Crippen LogP contribution in [-0.2, 0) is 10.3 Å². The number of hydrogen-bond acceptors (Lipinski definition) is 2. The second-order valence-corrected chi connectivity index (χ2v) is 4.66. The smallest absolute Gasteiger partial charge is 0.0876 e. The third-order valence-electron chi connectivity index (χ3n) is 2.45. The zero-order valence-electron chi connectivity index (χ0n) is 10.1. The zero-order valence-corrected chi connectivity index (χ0v) is 10.1. The van der Waals surface area contributed by atoms with Gasteiger partial charge in [-0.25, -0.2) is 0 Å². The van der Waals surface area contributed by atoms with E-state index in [2.05, 4.69) is 45.0 Å². The maximum Gasteiger partial charge on any atom is 0.0876 e. The van der Waals surface area contributed by atoms with Crippen molar-refractivity contribution in [3.63, 3.8) is 0 Å². The molecule has 0 radical (unpaired) electrons. The molecule has 84 valence electrons. The van der Waals surface area contributed by atoms with Crippen LogP contribution in [-0.4, -0.2) is 12.6 Å². The quantitative estimate of drug-likeness (QED) is 0.823. The third kappa shape index (κ3) is 3.65. The first-order valence-corrected chi connectivity index (χ1v) is 5.38. The first-order chi connectivity index (χ1) is 6.92. The Bertz CT molecular complexity index is 301. The second kappa shape index (κ2) is 4.77. The molecule has 1 atom stereocenters. The highest BCUT2D eigenvalue weighted by atomic mass is 16.5. The van der Waals surface area contributed by atoms with Gasteiger partial charge in [0.25, 0.3) is 0 Å². The lowest BCUT2D eigenvalue weighted by Crippen LogP contribution is -2.30. The highest BCUT2D eigenvalue weighted by Crippen LogP contribution is 2.24. The summed E-state index contributed by atoms with van der Waals surface area (Å²) in [6, 6.07) is 8.50. The first kappa shape index (κ1) is 12.2. The topological polar surface area (TPSA) is 35.2 Å². The highest BCUT2D eigenvalue weighted by Gasteiger charge is 2.21. The second-order valence-electron chi connectivity index (χ2n) is 4.66. The van der Waals surface area contributed by atoms with Crippen LogP contribution in [0.1, 0.15) is 31.9 Å². The molecule has 1 aromatic carbocycles. The number of aryl methyl sites for hydroxylation is 1. The van der Waals surface area contributed by atoms with Crippen molar-refractivity contribution in [2.45, 2.75) is 39.3 Å². The average molecular weight is 207 g/mol. The monoisotopic (exact) mass is 207 g/mol. The molecule has 0 aromatic heterocycles. The summed E-state index contributed by atoms with van der Waals surface area (Å²) < 4.78 is 5.79. The van der Waals surface area contributed by atoms with Gasteiger partial charge in [0.05, 0.1) is 12.2 Å². The van der Waals surface area contributed by atoms with Crippen LogP contribution in [0.4, 0.5) is 0 Å². The van der Waals surface area contributed by atoms with Gasteiger partial charge in [0, 0.05) is 6.04 Å². The summed E-state index contributed by atoms with van der Waals surface area (Å²) in [5, 5.41) is 0. The van der Waals surface area contributed by atoms with Gasteiger partial charge in [-0.3, -0.25) is 0 Å². The Morgan fingerprint density at radius 1 is 1.27 bits per heavy atom. The Morgan fingerprint density at radius 3 is 2.27 bits per heavy atom. The van der Waals surface area contributed by atoms with Gasteiger partial charge in [0.15, 0.2) is 0 Å². The lowest BCUT2D eigenvalue weighted by atomic mass is 9.97. The molecule has 15 heavy (non-hydrogen) atoms. The zero-order chi connectivity index (χ0) is 11.5. The molecule has 0 bridgehead atoms. The fourth-order valence-corrected chi connectivity index (χ4v) is 1.38. The fraction of sp³-hybridized carbons (Fsp3) is 0.538. The predicted octanol–water partition coefficient (Wildman–Crippen LogP) is 2.59. The standard InChI is InChI=1S/C13H21NO/c1-10-5-7-12(8-6-10)13(3,4)15-9-11(2)14/h5-8,11H,9,14H2,1-4H3. The lowest BCUT2D eigenvalue weighted by molar-refractivity contribution is -0.0264. The van der Waals surface area contributed by atoms with Gasteiger partial charge in [-0.05, 0) is 33.3 Å². The molecule has 0 heterocycles. The third-order valence-corrected chi connectivity index (χ3v) is 2.45. The SMILES string of the molecule is Cc1ccc(C(C)(C)OCC(C)N)cc1. The lowest BCUT2D eigenvalue weighted by Gasteiger charge is -2.27. The van der Waals surface area contributed by atoms with Crippen LogP contribution in [0.15, 0.2) is 24.3 Å². The molecular formula is C13H21NO. The molecule has 1 rings (SSSR count). The highest BCUT2D eigenvalue weighted by molar-refractivity contribution is 5.25. The molecule has 1 unspecified atom stereocenters.